The van der Waals surface area contributed by atoms with E-state index in [1.165, 1.54) is 16.9 Å². The molecule has 2 aliphatic rings. The van der Waals surface area contributed by atoms with Gasteiger partial charge in [0.05, 0.1) is 5.56 Å². The molecule has 0 saturated heterocycles. The molecule has 0 radical (unpaired) electrons. The molecule has 0 spiro atoms. The Bertz CT molecular complexity index is 812. The van der Waals surface area contributed by atoms with Crippen molar-refractivity contribution in [2.24, 2.45) is 5.92 Å². The molecule has 124 valence electrons. The van der Waals surface area contributed by atoms with Crippen LogP contribution in [0.15, 0.2) is 34.8 Å². The minimum atomic E-state index is -0.220. The molecule has 0 unspecified atom stereocenters. The standard InChI is InChI=1S/C19H19BrN2OS/c1-11-7-8-13-15(9-11)24-19-16(13)18(23)21-17(22-19)14(20)10-12-5-3-2-4-6-12/h2-6,10-11,17,22H,7-9H2,1H3,(H,21,23)/b14-10-/t11-,17+/m0/s1. The van der Waals surface area contributed by atoms with Gasteiger partial charge in [0.1, 0.15) is 11.2 Å². The van der Waals surface area contributed by atoms with Gasteiger partial charge in [-0.05, 0) is 42.4 Å². The van der Waals surface area contributed by atoms with Crippen molar-refractivity contribution >= 4 is 44.3 Å². The van der Waals surface area contributed by atoms with E-state index in [0.717, 1.165) is 33.5 Å². The molecule has 0 saturated carbocycles. The van der Waals surface area contributed by atoms with Crippen molar-refractivity contribution in [3.05, 3.63) is 56.4 Å². The molecule has 1 aromatic heterocycles. The third-order valence-electron chi connectivity index (χ3n) is 4.67. The summed E-state index contributed by atoms with van der Waals surface area (Å²) in [6.07, 6.45) is 5.10. The highest BCUT2D eigenvalue weighted by molar-refractivity contribution is 9.11. The monoisotopic (exact) mass is 402 g/mol. The van der Waals surface area contributed by atoms with Crippen LogP contribution in [0.2, 0.25) is 0 Å². The second-order valence-corrected chi connectivity index (χ2v) is 8.57. The minimum absolute atomic E-state index is 0.0409. The van der Waals surface area contributed by atoms with Crippen molar-refractivity contribution < 1.29 is 4.79 Å². The van der Waals surface area contributed by atoms with E-state index in [1.807, 2.05) is 36.4 Å². The highest BCUT2D eigenvalue weighted by Crippen LogP contribution is 2.41. The van der Waals surface area contributed by atoms with Crippen LogP contribution >= 0.6 is 27.3 Å². The molecule has 0 fully saturated rings. The molecule has 5 heteroatoms. The van der Waals surface area contributed by atoms with E-state index in [4.69, 9.17) is 0 Å². The number of carbonyl (C=O) groups excluding carboxylic acids is 1. The molecule has 1 aliphatic carbocycles. The molecule has 1 amide bonds. The van der Waals surface area contributed by atoms with Crippen LogP contribution in [0.3, 0.4) is 0 Å². The zero-order valence-corrected chi connectivity index (χ0v) is 15.8. The van der Waals surface area contributed by atoms with Crippen molar-refractivity contribution in [1.29, 1.82) is 0 Å². The van der Waals surface area contributed by atoms with Crippen molar-refractivity contribution in [2.75, 3.05) is 5.32 Å². The van der Waals surface area contributed by atoms with Crippen LogP contribution in [0.4, 0.5) is 5.00 Å². The van der Waals surface area contributed by atoms with E-state index in [9.17, 15) is 4.79 Å². The summed E-state index contributed by atoms with van der Waals surface area (Å²) in [7, 11) is 0. The van der Waals surface area contributed by atoms with Crippen LogP contribution in [0.1, 0.15) is 39.7 Å². The quantitative estimate of drug-likeness (QED) is 0.757. The van der Waals surface area contributed by atoms with E-state index >= 15 is 0 Å². The number of thiophene rings is 1. The zero-order valence-electron chi connectivity index (χ0n) is 13.4. The first-order chi connectivity index (χ1) is 11.6. The molecule has 2 atom stereocenters. The number of benzene rings is 1. The Morgan fingerprint density at radius 3 is 2.88 bits per heavy atom. The number of hydrogen-bond acceptors (Lipinski definition) is 3. The lowest BCUT2D eigenvalue weighted by Gasteiger charge is -2.26. The summed E-state index contributed by atoms with van der Waals surface area (Å²) in [4.78, 5) is 14.1. The predicted octanol–water partition coefficient (Wildman–Crippen LogP) is 4.79. The summed E-state index contributed by atoms with van der Waals surface area (Å²) in [5, 5.41) is 7.59. The van der Waals surface area contributed by atoms with Gasteiger partial charge in [-0.3, -0.25) is 4.79 Å². The summed E-state index contributed by atoms with van der Waals surface area (Å²) in [5.41, 5.74) is 3.24. The SMILES string of the molecule is C[C@H]1CCc2c(sc3c2C(=O)N[C@@H](/C(Br)=C/c2ccccc2)N3)C1. The Hall–Kier alpha value is -1.59. The summed E-state index contributed by atoms with van der Waals surface area (Å²) in [6, 6.07) is 10.1. The molecule has 2 N–H and O–H groups in total. The number of rotatable bonds is 2. The highest BCUT2D eigenvalue weighted by Gasteiger charge is 2.33. The number of carbonyl (C=O) groups is 1. The van der Waals surface area contributed by atoms with E-state index in [0.29, 0.717) is 5.92 Å². The van der Waals surface area contributed by atoms with Gasteiger partial charge in [-0.1, -0.05) is 53.2 Å². The lowest BCUT2D eigenvalue weighted by molar-refractivity contribution is 0.0942. The first kappa shape index (κ1) is 15.9. The normalized spacial score (nSPS) is 23.1. The highest BCUT2D eigenvalue weighted by atomic mass is 79.9. The van der Waals surface area contributed by atoms with Gasteiger partial charge in [0, 0.05) is 9.36 Å². The van der Waals surface area contributed by atoms with Crippen molar-refractivity contribution in [1.82, 2.24) is 5.32 Å². The average Bonchev–Trinajstić information content (AvgIpc) is 2.93. The number of hydrogen-bond donors (Lipinski definition) is 2. The molecule has 1 aliphatic heterocycles. The lowest BCUT2D eigenvalue weighted by Crippen LogP contribution is -2.45. The Labute approximate surface area is 154 Å². The smallest absolute Gasteiger partial charge is 0.256 e. The second-order valence-electron chi connectivity index (χ2n) is 6.55. The maximum absolute atomic E-state index is 12.7. The molecule has 4 rings (SSSR count). The van der Waals surface area contributed by atoms with Crippen LogP contribution in [0, 0.1) is 5.92 Å². The van der Waals surface area contributed by atoms with Gasteiger partial charge in [0.15, 0.2) is 0 Å². The van der Waals surface area contributed by atoms with Crippen LogP contribution in [-0.4, -0.2) is 12.1 Å². The molecule has 0 bridgehead atoms. The summed E-state index contributed by atoms with van der Waals surface area (Å²) in [5.74, 6) is 0.750. The average molecular weight is 403 g/mol. The van der Waals surface area contributed by atoms with Crippen LogP contribution in [-0.2, 0) is 12.8 Å². The van der Waals surface area contributed by atoms with Crippen molar-refractivity contribution in [2.45, 2.75) is 32.4 Å². The molecule has 2 aromatic rings. The van der Waals surface area contributed by atoms with E-state index in [-0.39, 0.29) is 12.1 Å². The lowest BCUT2D eigenvalue weighted by atomic mass is 9.88. The van der Waals surface area contributed by atoms with Gasteiger partial charge < -0.3 is 10.6 Å². The first-order valence-electron chi connectivity index (χ1n) is 8.26. The number of halogens is 1. The van der Waals surface area contributed by atoms with Crippen LogP contribution in [0.5, 0.6) is 0 Å². The third-order valence-corrected chi connectivity index (χ3v) is 6.54. The third kappa shape index (κ3) is 2.91. The molecule has 2 heterocycles. The summed E-state index contributed by atoms with van der Waals surface area (Å²) in [6.45, 7) is 2.29. The number of anilines is 1. The molecule has 3 nitrogen and oxygen atoms in total. The van der Waals surface area contributed by atoms with Gasteiger partial charge >= 0.3 is 0 Å². The maximum atomic E-state index is 12.7. The predicted molar refractivity (Wildman–Crippen MR) is 104 cm³/mol. The second kappa shape index (κ2) is 6.37. The van der Waals surface area contributed by atoms with Gasteiger partial charge in [0.2, 0.25) is 0 Å². The Morgan fingerprint density at radius 1 is 1.29 bits per heavy atom. The molecule has 1 aromatic carbocycles. The Morgan fingerprint density at radius 2 is 2.08 bits per heavy atom. The zero-order chi connectivity index (χ0) is 16.7. The van der Waals surface area contributed by atoms with Gasteiger partial charge in [-0.15, -0.1) is 11.3 Å². The molecule has 24 heavy (non-hydrogen) atoms. The summed E-state index contributed by atoms with van der Waals surface area (Å²) >= 11 is 5.38. The van der Waals surface area contributed by atoms with E-state index in [2.05, 4.69) is 33.5 Å². The van der Waals surface area contributed by atoms with E-state index < -0.39 is 0 Å². The Kier molecular flexibility index (Phi) is 4.22. The number of nitrogens with one attached hydrogen (secondary N) is 2. The fourth-order valence-corrected chi connectivity index (χ4v) is 5.32. The van der Waals surface area contributed by atoms with Gasteiger partial charge in [0.25, 0.3) is 5.91 Å². The topological polar surface area (TPSA) is 41.1 Å². The Balaban J connectivity index is 1.63. The van der Waals surface area contributed by atoms with Crippen LogP contribution in [0.25, 0.3) is 6.08 Å². The fourth-order valence-electron chi connectivity index (χ4n) is 3.39. The molecular weight excluding hydrogens is 384 g/mol. The van der Waals surface area contributed by atoms with Crippen molar-refractivity contribution in [3.63, 3.8) is 0 Å². The maximum Gasteiger partial charge on any atom is 0.256 e. The van der Waals surface area contributed by atoms with Gasteiger partial charge in [-0.2, -0.15) is 0 Å². The minimum Gasteiger partial charge on any atom is -0.352 e. The van der Waals surface area contributed by atoms with Crippen LogP contribution < -0.4 is 10.6 Å². The number of amides is 1. The molecular formula is C19H19BrN2OS. The summed E-state index contributed by atoms with van der Waals surface area (Å²) < 4.78 is 0.924. The number of fused-ring (bicyclic) bond motifs is 3. The van der Waals surface area contributed by atoms with Gasteiger partial charge in [-0.25, -0.2) is 0 Å². The fraction of sp³-hybridized carbons (Fsp3) is 0.316. The largest absolute Gasteiger partial charge is 0.352 e. The van der Waals surface area contributed by atoms with Crippen molar-refractivity contribution in [3.8, 4) is 0 Å². The van der Waals surface area contributed by atoms with E-state index in [1.54, 1.807) is 11.3 Å². The first-order valence-corrected chi connectivity index (χ1v) is 9.87.